The first-order chi connectivity index (χ1) is 16.1. The predicted octanol–water partition coefficient (Wildman–Crippen LogP) is 4.91. The molecule has 1 unspecified atom stereocenters. The topological polar surface area (TPSA) is 108 Å². The van der Waals surface area contributed by atoms with E-state index in [0.717, 1.165) is 37.1 Å². The van der Waals surface area contributed by atoms with Gasteiger partial charge in [0.2, 0.25) is 5.91 Å². The smallest absolute Gasteiger partial charge is 0.412 e. The van der Waals surface area contributed by atoms with Crippen molar-refractivity contribution in [2.24, 2.45) is 0 Å². The van der Waals surface area contributed by atoms with Crippen molar-refractivity contribution >= 4 is 35.4 Å². The lowest BCUT2D eigenvalue weighted by Gasteiger charge is -2.24. The molecule has 0 spiro atoms. The van der Waals surface area contributed by atoms with E-state index in [0.29, 0.717) is 11.4 Å². The zero-order valence-corrected chi connectivity index (χ0v) is 19.7. The van der Waals surface area contributed by atoms with Crippen LogP contribution in [0.2, 0.25) is 0 Å². The molecule has 3 N–H and O–H groups in total. The van der Waals surface area contributed by atoms with E-state index in [1.807, 2.05) is 4.90 Å². The van der Waals surface area contributed by atoms with Crippen molar-refractivity contribution in [1.29, 1.82) is 0 Å². The predicted molar refractivity (Wildman–Crippen MR) is 132 cm³/mol. The third-order valence-corrected chi connectivity index (χ3v) is 5.24. The molecule has 2 amide bonds. The van der Waals surface area contributed by atoms with Crippen LogP contribution < -0.4 is 10.6 Å². The first-order valence-electron chi connectivity index (χ1n) is 11.3. The molecule has 1 aliphatic rings. The molecule has 8 heteroatoms. The number of nitrogens with one attached hydrogen (secondary N) is 2. The molecule has 2 aromatic carbocycles. The minimum Gasteiger partial charge on any atom is -0.480 e. The molecule has 34 heavy (non-hydrogen) atoms. The third kappa shape index (κ3) is 7.18. The van der Waals surface area contributed by atoms with Crippen LogP contribution in [0.1, 0.15) is 50.8 Å². The molecule has 1 heterocycles. The van der Waals surface area contributed by atoms with Crippen LogP contribution in [0, 0.1) is 0 Å². The minimum atomic E-state index is -0.858. The van der Waals surface area contributed by atoms with E-state index >= 15 is 0 Å². The highest BCUT2D eigenvalue weighted by molar-refractivity contribution is 6.05. The van der Waals surface area contributed by atoms with Gasteiger partial charge in [0.1, 0.15) is 11.6 Å². The molecule has 2 aromatic rings. The summed E-state index contributed by atoms with van der Waals surface area (Å²) in [5.74, 6) is -1.23. The molecule has 0 bridgehead atoms. The number of hydrogen-bond donors (Lipinski definition) is 3. The maximum absolute atomic E-state index is 12.5. The van der Waals surface area contributed by atoms with E-state index in [2.05, 4.69) is 10.6 Å². The number of likely N-dealkylation sites (tertiary alicyclic amines) is 1. The van der Waals surface area contributed by atoms with Gasteiger partial charge < -0.3 is 15.2 Å². The summed E-state index contributed by atoms with van der Waals surface area (Å²) in [6.07, 6.45) is 4.44. The van der Waals surface area contributed by atoms with Crippen molar-refractivity contribution in [3.05, 3.63) is 65.7 Å². The van der Waals surface area contributed by atoms with Gasteiger partial charge in [-0.2, -0.15) is 0 Å². The van der Waals surface area contributed by atoms with Gasteiger partial charge in [0, 0.05) is 6.08 Å². The van der Waals surface area contributed by atoms with Gasteiger partial charge in [0.25, 0.3) is 0 Å². The number of carbonyl (C=O) groups excluding carboxylic acids is 2. The summed E-state index contributed by atoms with van der Waals surface area (Å²) < 4.78 is 5.26. The highest BCUT2D eigenvalue weighted by Crippen LogP contribution is 2.26. The second kappa shape index (κ2) is 11.0. The largest absolute Gasteiger partial charge is 0.480 e. The van der Waals surface area contributed by atoms with Gasteiger partial charge in [-0.1, -0.05) is 36.4 Å². The van der Waals surface area contributed by atoms with Crippen LogP contribution in [0.15, 0.2) is 54.6 Å². The molecule has 1 fully saturated rings. The highest BCUT2D eigenvalue weighted by Gasteiger charge is 2.29. The van der Waals surface area contributed by atoms with Crippen molar-refractivity contribution in [2.45, 2.75) is 45.3 Å². The molecule has 8 nitrogen and oxygen atoms in total. The first kappa shape index (κ1) is 25.0. The van der Waals surface area contributed by atoms with E-state index in [-0.39, 0.29) is 5.91 Å². The average molecular weight is 466 g/mol. The van der Waals surface area contributed by atoms with Crippen molar-refractivity contribution in [2.75, 3.05) is 23.7 Å². The summed E-state index contributed by atoms with van der Waals surface area (Å²) in [5.41, 5.74) is 1.71. The molecule has 180 valence electrons. The van der Waals surface area contributed by atoms with E-state index in [1.54, 1.807) is 75.4 Å². The number of nitrogens with zero attached hydrogens (tertiary/aromatic N) is 1. The lowest BCUT2D eigenvalue weighted by atomic mass is 10.0. The Bertz CT molecular complexity index is 1050. The maximum Gasteiger partial charge on any atom is 0.412 e. The second-order valence-corrected chi connectivity index (χ2v) is 9.15. The van der Waals surface area contributed by atoms with E-state index < -0.39 is 23.7 Å². The number of rotatable bonds is 7. The maximum atomic E-state index is 12.5. The lowest BCUT2D eigenvalue weighted by molar-refractivity contribution is -0.143. The number of amides is 2. The van der Waals surface area contributed by atoms with Gasteiger partial charge in [-0.25, -0.2) is 4.79 Å². The quantitative estimate of drug-likeness (QED) is 0.502. The number of carbonyl (C=O) groups is 3. The third-order valence-electron chi connectivity index (χ3n) is 5.24. The van der Waals surface area contributed by atoms with E-state index in [9.17, 15) is 19.5 Å². The Hall–Kier alpha value is -3.65. The molecule has 0 aliphatic carbocycles. The van der Waals surface area contributed by atoms with Gasteiger partial charge in [-0.15, -0.1) is 0 Å². The average Bonchev–Trinajstić information content (AvgIpc) is 3.27. The molecular formula is C26H31N3O5. The summed E-state index contributed by atoms with van der Waals surface area (Å²) >= 11 is 0. The Morgan fingerprint density at radius 2 is 1.56 bits per heavy atom. The number of aliphatic carboxylic acids is 1. The zero-order valence-electron chi connectivity index (χ0n) is 19.7. The van der Waals surface area contributed by atoms with Crippen LogP contribution in [-0.2, 0) is 14.3 Å². The fourth-order valence-electron chi connectivity index (χ4n) is 3.76. The van der Waals surface area contributed by atoms with Crippen LogP contribution in [0.25, 0.3) is 6.08 Å². The summed E-state index contributed by atoms with van der Waals surface area (Å²) in [6, 6.07) is 13.3. The monoisotopic (exact) mass is 465 g/mol. The van der Waals surface area contributed by atoms with Crippen LogP contribution in [0.3, 0.4) is 0 Å². The van der Waals surface area contributed by atoms with Gasteiger partial charge in [-0.3, -0.25) is 19.8 Å². The molecule has 0 saturated carbocycles. The Labute approximate surface area is 199 Å². The van der Waals surface area contributed by atoms with Crippen LogP contribution in [0.5, 0.6) is 0 Å². The normalized spacial score (nSPS) is 15.1. The minimum absolute atomic E-state index is 0.372. The number of benzene rings is 2. The fraction of sp³-hybridized carbons (Fsp3) is 0.346. The number of carboxylic acid groups (broad SMARTS) is 1. The van der Waals surface area contributed by atoms with Gasteiger partial charge in [0.05, 0.1) is 11.4 Å². The molecule has 3 rings (SSSR count). The number of ether oxygens (including phenoxy) is 1. The van der Waals surface area contributed by atoms with Gasteiger partial charge in [-0.05, 0) is 76.0 Å². The molecular weight excluding hydrogens is 434 g/mol. The fourth-order valence-corrected chi connectivity index (χ4v) is 3.76. The summed E-state index contributed by atoms with van der Waals surface area (Å²) in [6.45, 7) is 6.87. The first-order valence-corrected chi connectivity index (χ1v) is 11.3. The van der Waals surface area contributed by atoms with Crippen molar-refractivity contribution in [1.82, 2.24) is 4.90 Å². The summed E-state index contributed by atoms with van der Waals surface area (Å²) in [5, 5.41) is 15.1. The Morgan fingerprint density at radius 3 is 2.12 bits per heavy atom. The standard InChI is InChI=1S/C26H31N3O5/c1-26(2,3)34-25(33)28-21-9-5-4-8-20(21)27-22(30)15-12-18-10-13-19(14-11-18)23(24(31)32)29-16-6-7-17-29/h4-5,8-15,23H,6-7,16-17H2,1-3H3,(H,27,30)(H,28,33)(H,31,32)/b15-12+. The highest BCUT2D eigenvalue weighted by atomic mass is 16.6. The van der Waals surface area contributed by atoms with Crippen molar-refractivity contribution in [3.63, 3.8) is 0 Å². The van der Waals surface area contributed by atoms with Crippen molar-refractivity contribution < 1.29 is 24.2 Å². The second-order valence-electron chi connectivity index (χ2n) is 9.15. The number of para-hydroxylation sites is 2. The zero-order chi connectivity index (χ0) is 24.7. The molecule has 1 saturated heterocycles. The molecule has 0 aromatic heterocycles. The Kier molecular flexibility index (Phi) is 8.07. The molecule has 1 atom stereocenters. The number of hydrogen-bond acceptors (Lipinski definition) is 5. The van der Waals surface area contributed by atoms with Crippen LogP contribution in [0.4, 0.5) is 16.2 Å². The van der Waals surface area contributed by atoms with Crippen molar-refractivity contribution in [3.8, 4) is 0 Å². The van der Waals surface area contributed by atoms with E-state index in [1.165, 1.54) is 6.08 Å². The molecule has 1 aliphatic heterocycles. The Balaban J connectivity index is 1.63. The number of carboxylic acids is 1. The van der Waals surface area contributed by atoms with Gasteiger partial charge >= 0.3 is 12.1 Å². The molecule has 0 radical (unpaired) electrons. The van der Waals surface area contributed by atoms with Crippen LogP contribution >= 0.6 is 0 Å². The SMILES string of the molecule is CC(C)(C)OC(=O)Nc1ccccc1NC(=O)/C=C/c1ccc(C(C(=O)O)N2CCCC2)cc1. The summed E-state index contributed by atoms with van der Waals surface area (Å²) in [7, 11) is 0. The van der Waals surface area contributed by atoms with Crippen LogP contribution in [-0.4, -0.2) is 46.7 Å². The number of anilines is 2. The lowest BCUT2D eigenvalue weighted by Crippen LogP contribution is -2.31. The summed E-state index contributed by atoms with van der Waals surface area (Å²) in [4.78, 5) is 38.3. The Morgan fingerprint density at radius 1 is 0.971 bits per heavy atom. The van der Waals surface area contributed by atoms with E-state index in [4.69, 9.17) is 4.74 Å². The van der Waals surface area contributed by atoms with Gasteiger partial charge in [0.15, 0.2) is 0 Å².